The number of halogens is 2. The second-order valence-electron chi connectivity index (χ2n) is 7.27. The summed E-state index contributed by atoms with van der Waals surface area (Å²) >= 11 is 7.19. The Morgan fingerprint density at radius 2 is 2.13 bits per heavy atom. The normalized spacial score (nSPS) is 16.1. The molecule has 0 spiro atoms. The lowest BCUT2D eigenvalue weighted by atomic mass is 9.97. The van der Waals surface area contributed by atoms with E-state index in [1.165, 1.54) is 30.0 Å². The molecule has 1 aliphatic heterocycles. The van der Waals surface area contributed by atoms with Gasteiger partial charge in [0.15, 0.2) is 5.82 Å². The van der Waals surface area contributed by atoms with Gasteiger partial charge >= 0.3 is 0 Å². The molecule has 1 atom stereocenters. The number of nitrogens with one attached hydrogen (secondary N) is 2. The molecule has 0 aliphatic carbocycles. The second kappa shape index (κ2) is 11.3. The minimum absolute atomic E-state index is 0.0468. The molecule has 7 nitrogen and oxygen atoms in total. The topological polar surface area (TPSA) is 87.2 Å². The van der Waals surface area contributed by atoms with E-state index in [1.54, 1.807) is 6.07 Å². The second-order valence-corrected chi connectivity index (χ2v) is 8.67. The van der Waals surface area contributed by atoms with Crippen LogP contribution < -0.4 is 15.5 Å². The first-order valence-corrected chi connectivity index (χ1v) is 11.6. The summed E-state index contributed by atoms with van der Waals surface area (Å²) in [6, 6.07) is 7.45. The third kappa shape index (κ3) is 6.80. The molecule has 2 heterocycles. The maximum Gasteiger partial charge on any atom is 0.234 e. The van der Waals surface area contributed by atoms with Crippen molar-refractivity contribution >= 4 is 46.7 Å². The fourth-order valence-electron chi connectivity index (χ4n) is 3.27. The molecular formula is C21H25ClFN5O2S. The highest BCUT2D eigenvalue weighted by molar-refractivity contribution is 7.99. The molecule has 0 radical (unpaired) electrons. The van der Waals surface area contributed by atoms with Gasteiger partial charge in [0.25, 0.3) is 0 Å². The van der Waals surface area contributed by atoms with Crippen LogP contribution in [0.1, 0.15) is 26.2 Å². The highest BCUT2D eigenvalue weighted by Gasteiger charge is 2.26. The Hall–Kier alpha value is -2.39. The van der Waals surface area contributed by atoms with Crippen molar-refractivity contribution < 1.29 is 14.0 Å². The monoisotopic (exact) mass is 465 g/mol. The SMILES string of the molecule is CCCNC(=O)[C@@H]1CCCN(c2ccc(SCC(=O)Nc3cc(F)ccc3Cl)nn2)C1. The van der Waals surface area contributed by atoms with Gasteiger partial charge in [0.05, 0.1) is 22.4 Å². The zero-order valence-electron chi connectivity index (χ0n) is 17.2. The first-order chi connectivity index (χ1) is 15.0. The summed E-state index contributed by atoms with van der Waals surface area (Å²) in [4.78, 5) is 26.5. The molecule has 1 fully saturated rings. The summed E-state index contributed by atoms with van der Waals surface area (Å²) in [6.07, 6.45) is 2.71. The number of aromatic nitrogens is 2. The van der Waals surface area contributed by atoms with Gasteiger partial charge in [-0.25, -0.2) is 4.39 Å². The van der Waals surface area contributed by atoms with Crippen molar-refractivity contribution in [3.05, 3.63) is 41.2 Å². The average Bonchev–Trinajstić information content (AvgIpc) is 2.79. The Kier molecular flexibility index (Phi) is 8.48. The van der Waals surface area contributed by atoms with E-state index in [0.29, 0.717) is 23.9 Å². The maximum atomic E-state index is 13.3. The van der Waals surface area contributed by atoms with Crippen LogP contribution in [0, 0.1) is 11.7 Å². The van der Waals surface area contributed by atoms with E-state index in [4.69, 9.17) is 11.6 Å². The number of carbonyl (C=O) groups is 2. The van der Waals surface area contributed by atoms with Gasteiger partial charge in [0, 0.05) is 19.6 Å². The summed E-state index contributed by atoms with van der Waals surface area (Å²) in [5.74, 6) is 0.0560. The van der Waals surface area contributed by atoms with Crippen LogP contribution in [0.4, 0.5) is 15.9 Å². The fourth-order valence-corrected chi connectivity index (χ4v) is 4.05. The molecule has 166 valence electrons. The van der Waals surface area contributed by atoms with E-state index in [0.717, 1.165) is 25.8 Å². The number of piperidine rings is 1. The van der Waals surface area contributed by atoms with Crippen molar-refractivity contribution in [1.29, 1.82) is 0 Å². The molecular weight excluding hydrogens is 441 g/mol. The fraction of sp³-hybridized carbons (Fsp3) is 0.429. The summed E-state index contributed by atoms with van der Waals surface area (Å²) in [6.45, 7) is 4.17. The molecule has 1 aliphatic rings. The van der Waals surface area contributed by atoms with Crippen LogP contribution in [0.5, 0.6) is 0 Å². The zero-order valence-corrected chi connectivity index (χ0v) is 18.8. The Morgan fingerprint density at radius 1 is 1.29 bits per heavy atom. The predicted molar refractivity (Wildman–Crippen MR) is 121 cm³/mol. The molecule has 2 amide bonds. The first-order valence-electron chi connectivity index (χ1n) is 10.2. The van der Waals surface area contributed by atoms with Crippen molar-refractivity contribution in [2.45, 2.75) is 31.2 Å². The molecule has 2 N–H and O–H groups in total. The molecule has 1 aromatic carbocycles. The third-order valence-electron chi connectivity index (χ3n) is 4.85. The zero-order chi connectivity index (χ0) is 22.2. The van der Waals surface area contributed by atoms with E-state index < -0.39 is 5.82 Å². The Balaban J connectivity index is 1.51. The van der Waals surface area contributed by atoms with E-state index in [2.05, 4.69) is 25.7 Å². The number of carbonyl (C=O) groups excluding carboxylic acids is 2. The van der Waals surface area contributed by atoms with Gasteiger partial charge in [-0.1, -0.05) is 30.3 Å². The van der Waals surface area contributed by atoms with Gasteiger partial charge in [-0.15, -0.1) is 10.2 Å². The van der Waals surface area contributed by atoms with Crippen molar-refractivity contribution in [2.75, 3.05) is 35.6 Å². The summed E-state index contributed by atoms with van der Waals surface area (Å²) in [5, 5.41) is 14.9. The first kappa shape index (κ1) is 23.3. The smallest absolute Gasteiger partial charge is 0.234 e. The standard InChI is InChI=1S/C21H25ClFN5O2S/c1-2-9-24-21(30)14-4-3-10-28(12-14)18-7-8-20(27-26-18)31-13-19(29)25-17-11-15(23)5-6-16(17)22/h5-8,11,14H,2-4,9-10,12-13H2,1H3,(H,24,30)(H,25,29)/t14-/m1/s1. The van der Waals surface area contributed by atoms with Gasteiger partial charge in [-0.05, 0) is 49.6 Å². The summed E-state index contributed by atoms with van der Waals surface area (Å²) in [5.41, 5.74) is 0.233. The van der Waals surface area contributed by atoms with Crippen LogP contribution in [0.15, 0.2) is 35.4 Å². The van der Waals surface area contributed by atoms with Crippen molar-refractivity contribution in [1.82, 2.24) is 15.5 Å². The third-order valence-corrected chi connectivity index (χ3v) is 6.09. The number of hydrogen-bond acceptors (Lipinski definition) is 6. The van der Waals surface area contributed by atoms with Gasteiger partial charge in [-0.3, -0.25) is 9.59 Å². The summed E-state index contributed by atoms with van der Waals surface area (Å²) < 4.78 is 13.3. The number of rotatable bonds is 8. The molecule has 31 heavy (non-hydrogen) atoms. The van der Waals surface area contributed by atoms with Crippen molar-refractivity contribution in [2.24, 2.45) is 5.92 Å². The van der Waals surface area contributed by atoms with Gasteiger partial charge in [-0.2, -0.15) is 0 Å². The molecule has 0 bridgehead atoms. The molecule has 1 saturated heterocycles. The van der Waals surface area contributed by atoms with Gasteiger partial charge in [0.2, 0.25) is 11.8 Å². The van der Waals surface area contributed by atoms with Crippen LogP contribution in [0.3, 0.4) is 0 Å². The van der Waals surface area contributed by atoms with Crippen LogP contribution in [-0.2, 0) is 9.59 Å². The number of amides is 2. The van der Waals surface area contributed by atoms with E-state index in [-0.39, 0.29) is 34.2 Å². The Labute approximate surface area is 190 Å². The molecule has 0 saturated carbocycles. The number of benzene rings is 1. The molecule has 2 aromatic rings. The quantitative estimate of drug-likeness (QED) is 0.577. The van der Waals surface area contributed by atoms with Crippen molar-refractivity contribution in [3.63, 3.8) is 0 Å². The molecule has 10 heteroatoms. The van der Waals surface area contributed by atoms with E-state index in [1.807, 2.05) is 13.0 Å². The highest BCUT2D eigenvalue weighted by Crippen LogP contribution is 2.25. The van der Waals surface area contributed by atoms with E-state index in [9.17, 15) is 14.0 Å². The van der Waals surface area contributed by atoms with Gasteiger partial charge in [0.1, 0.15) is 10.8 Å². The lowest BCUT2D eigenvalue weighted by Gasteiger charge is -2.32. The Morgan fingerprint density at radius 3 is 2.87 bits per heavy atom. The van der Waals surface area contributed by atoms with Crippen LogP contribution in [-0.4, -0.2) is 47.4 Å². The number of thioether (sulfide) groups is 1. The lowest BCUT2D eigenvalue weighted by molar-refractivity contribution is -0.125. The lowest BCUT2D eigenvalue weighted by Crippen LogP contribution is -2.43. The van der Waals surface area contributed by atoms with E-state index >= 15 is 0 Å². The average molecular weight is 466 g/mol. The minimum Gasteiger partial charge on any atom is -0.356 e. The maximum absolute atomic E-state index is 13.3. The molecule has 3 rings (SSSR count). The minimum atomic E-state index is -0.475. The van der Waals surface area contributed by atoms with Crippen molar-refractivity contribution in [3.8, 4) is 0 Å². The van der Waals surface area contributed by atoms with Gasteiger partial charge < -0.3 is 15.5 Å². The molecule has 0 unspecified atom stereocenters. The van der Waals surface area contributed by atoms with Crippen LogP contribution in [0.2, 0.25) is 5.02 Å². The van der Waals surface area contributed by atoms with Crippen LogP contribution >= 0.6 is 23.4 Å². The number of anilines is 2. The predicted octanol–water partition coefficient (Wildman–Crippen LogP) is 3.74. The van der Waals surface area contributed by atoms with Crippen LogP contribution in [0.25, 0.3) is 0 Å². The Bertz CT molecular complexity index is 915. The highest BCUT2D eigenvalue weighted by atomic mass is 35.5. The number of hydrogen-bond donors (Lipinski definition) is 2. The molecule has 1 aromatic heterocycles. The largest absolute Gasteiger partial charge is 0.356 e. The number of nitrogens with zero attached hydrogens (tertiary/aromatic N) is 3. The summed E-state index contributed by atoms with van der Waals surface area (Å²) in [7, 11) is 0.